The van der Waals surface area contributed by atoms with Crippen molar-refractivity contribution >= 4 is 5.97 Å². The Labute approximate surface area is 82.4 Å². The summed E-state index contributed by atoms with van der Waals surface area (Å²) in [6.45, 7) is 0. The Morgan fingerprint density at radius 2 is 2.50 bits per heavy atom. The molecule has 0 radical (unpaired) electrons. The van der Waals surface area contributed by atoms with Gasteiger partial charge < -0.3 is 9.15 Å². The lowest BCUT2D eigenvalue weighted by Gasteiger charge is -2.13. The van der Waals surface area contributed by atoms with Crippen molar-refractivity contribution in [2.45, 2.75) is 19.3 Å². The van der Waals surface area contributed by atoms with Crippen molar-refractivity contribution in [2.75, 3.05) is 0 Å². The van der Waals surface area contributed by atoms with E-state index in [9.17, 15) is 4.79 Å². The minimum atomic E-state index is -0.226. The van der Waals surface area contributed by atoms with Crippen LogP contribution in [0.5, 0.6) is 5.95 Å². The lowest BCUT2D eigenvalue weighted by molar-refractivity contribution is -0.138. The van der Waals surface area contributed by atoms with Crippen molar-refractivity contribution in [2.24, 2.45) is 5.92 Å². The molecule has 1 heterocycles. The summed E-state index contributed by atoms with van der Waals surface area (Å²) in [6, 6.07) is 3.32. The van der Waals surface area contributed by atoms with E-state index in [0.29, 0.717) is 0 Å². The number of allylic oxidation sites excluding steroid dienone is 1. The molecule has 1 aliphatic carbocycles. The molecule has 14 heavy (non-hydrogen) atoms. The molecule has 0 saturated heterocycles. The number of furan rings is 1. The first kappa shape index (κ1) is 9.06. The zero-order valence-corrected chi connectivity index (χ0v) is 7.81. The van der Waals surface area contributed by atoms with E-state index in [-0.39, 0.29) is 17.8 Å². The van der Waals surface area contributed by atoms with Gasteiger partial charge in [0.15, 0.2) is 0 Å². The van der Waals surface area contributed by atoms with Gasteiger partial charge in [-0.2, -0.15) is 0 Å². The van der Waals surface area contributed by atoms with Crippen LogP contribution in [0, 0.1) is 5.92 Å². The van der Waals surface area contributed by atoms with Gasteiger partial charge in [0, 0.05) is 6.07 Å². The number of hydrogen-bond donors (Lipinski definition) is 0. The van der Waals surface area contributed by atoms with Crippen molar-refractivity contribution in [1.82, 2.24) is 0 Å². The van der Waals surface area contributed by atoms with E-state index in [1.54, 1.807) is 12.1 Å². The number of carbonyl (C=O) groups excluding carboxylic acids is 1. The summed E-state index contributed by atoms with van der Waals surface area (Å²) in [4.78, 5) is 11.5. The first-order valence-corrected chi connectivity index (χ1v) is 4.78. The molecule has 3 heteroatoms. The van der Waals surface area contributed by atoms with Crippen LogP contribution in [0.15, 0.2) is 35.0 Å². The van der Waals surface area contributed by atoms with Gasteiger partial charge in [-0.15, -0.1) is 0 Å². The number of carbonyl (C=O) groups is 1. The van der Waals surface area contributed by atoms with Gasteiger partial charge in [0.25, 0.3) is 5.95 Å². The maximum atomic E-state index is 11.5. The molecule has 3 nitrogen and oxygen atoms in total. The third-order valence-electron chi connectivity index (χ3n) is 2.25. The average molecular weight is 192 g/mol. The molecule has 1 aromatic heterocycles. The highest BCUT2D eigenvalue weighted by Gasteiger charge is 2.19. The summed E-state index contributed by atoms with van der Waals surface area (Å²) in [5.74, 6) is -0.0567. The van der Waals surface area contributed by atoms with Gasteiger partial charge in [-0.1, -0.05) is 12.2 Å². The SMILES string of the molecule is O=C(Oc1ccco1)C1C=CCCC1. The van der Waals surface area contributed by atoms with E-state index >= 15 is 0 Å². The van der Waals surface area contributed by atoms with Gasteiger partial charge in [0.05, 0.1) is 12.2 Å². The van der Waals surface area contributed by atoms with Crippen molar-refractivity contribution in [1.29, 1.82) is 0 Å². The van der Waals surface area contributed by atoms with Gasteiger partial charge in [-0.3, -0.25) is 4.79 Å². The molecule has 0 saturated carbocycles. The van der Waals surface area contributed by atoms with Crippen LogP contribution in [0.2, 0.25) is 0 Å². The van der Waals surface area contributed by atoms with Crippen LogP contribution in [0.1, 0.15) is 19.3 Å². The van der Waals surface area contributed by atoms with E-state index in [0.717, 1.165) is 19.3 Å². The van der Waals surface area contributed by atoms with Crippen LogP contribution < -0.4 is 4.74 Å². The fourth-order valence-corrected chi connectivity index (χ4v) is 1.51. The van der Waals surface area contributed by atoms with Crippen LogP contribution in [-0.2, 0) is 4.79 Å². The molecule has 2 rings (SSSR count). The molecule has 74 valence electrons. The van der Waals surface area contributed by atoms with Gasteiger partial charge >= 0.3 is 5.97 Å². The predicted molar refractivity (Wildman–Crippen MR) is 50.8 cm³/mol. The Kier molecular flexibility index (Phi) is 2.68. The molecule has 0 aromatic carbocycles. The molecule has 0 fully saturated rings. The lowest BCUT2D eigenvalue weighted by atomic mass is 9.96. The summed E-state index contributed by atoms with van der Waals surface area (Å²) in [7, 11) is 0. The van der Waals surface area contributed by atoms with Crippen molar-refractivity contribution < 1.29 is 13.9 Å². The first-order chi connectivity index (χ1) is 6.86. The summed E-state index contributed by atoms with van der Waals surface area (Å²) in [6.07, 6.45) is 8.40. The highest BCUT2D eigenvalue weighted by Crippen LogP contribution is 2.20. The molecule has 1 aromatic rings. The summed E-state index contributed by atoms with van der Waals surface area (Å²) in [5, 5.41) is 0. The minimum Gasteiger partial charge on any atom is -0.434 e. The Hall–Kier alpha value is -1.51. The standard InChI is InChI=1S/C11H12O3/c12-11(9-5-2-1-3-6-9)14-10-7-4-8-13-10/h2,4-5,7-9H,1,3,6H2. The van der Waals surface area contributed by atoms with Crippen LogP contribution in [0.3, 0.4) is 0 Å². The molecule has 0 spiro atoms. The fourth-order valence-electron chi connectivity index (χ4n) is 1.51. The molecule has 0 bridgehead atoms. The van der Waals surface area contributed by atoms with Crippen LogP contribution >= 0.6 is 0 Å². The lowest BCUT2D eigenvalue weighted by Crippen LogP contribution is -2.19. The molecular formula is C11H12O3. The molecule has 1 atom stereocenters. The van der Waals surface area contributed by atoms with E-state index in [4.69, 9.17) is 9.15 Å². The maximum absolute atomic E-state index is 11.5. The Balaban J connectivity index is 1.95. The molecule has 0 aliphatic heterocycles. The van der Waals surface area contributed by atoms with Gasteiger partial charge in [0.1, 0.15) is 0 Å². The minimum absolute atomic E-state index is 0.103. The van der Waals surface area contributed by atoms with E-state index in [2.05, 4.69) is 0 Å². The number of esters is 1. The Morgan fingerprint density at radius 3 is 3.14 bits per heavy atom. The molecule has 1 aliphatic rings. The van der Waals surface area contributed by atoms with E-state index in [1.807, 2.05) is 12.2 Å². The Morgan fingerprint density at radius 1 is 1.57 bits per heavy atom. The normalized spacial score (nSPS) is 20.7. The quantitative estimate of drug-likeness (QED) is 0.534. The third-order valence-corrected chi connectivity index (χ3v) is 2.25. The first-order valence-electron chi connectivity index (χ1n) is 4.78. The topological polar surface area (TPSA) is 39.4 Å². The van der Waals surface area contributed by atoms with Crippen LogP contribution in [0.4, 0.5) is 0 Å². The summed E-state index contributed by atoms with van der Waals surface area (Å²) < 4.78 is 9.96. The van der Waals surface area contributed by atoms with Gasteiger partial charge in [-0.25, -0.2) is 0 Å². The second kappa shape index (κ2) is 4.13. The smallest absolute Gasteiger partial charge is 0.320 e. The molecule has 1 unspecified atom stereocenters. The summed E-state index contributed by atoms with van der Waals surface area (Å²) in [5.41, 5.74) is 0. The largest absolute Gasteiger partial charge is 0.434 e. The zero-order chi connectivity index (χ0) is 9.80. The van der Waals surface area contributed by atoms with Crippen LogP contribution in [-0.4, -0.2) is 5.97 Å². The fraction of sp³-hybridized carbons (Fsp3) is 0.364. The monoisotopic (exact) mass is 192 g/mol. The van der Waals surface area contributed by atoms with E-state index in [1.165, 1.54) is 6.26 Å². The average Bonchev–Trinajstić information content (AvgIpc) is 2.72. The molecule has 0 N–H and O–H groups in total. The Bertz CT molecular complexity index is 324. The third kappa shape index (κ3) is 2.05. The second-order valence-electron chi connectivity index (χ2n) is 3.32. The van der Waals surface area contributed by atoms with Gasteiger partial charge in [-0.05, 0) is 25.3 Å². The highest BCUT2D eigenvalue weighted by atomic mass is 16.6. The molecular weight excluding hydrogens is 180 g/mol. The van der Waals surface area contributed by atoms with Crippen molar-refractivity contribution in [3.05, 3.63) is 30.5 Å². The van der Waals surface area contributed by atoms with Crippen molar-refractivity contribution in [3.8, 4) is 5.95 Å². The predicted octanol–water partition coefficient (Wildman–Crippen LogP) is 2.54. The van der Waals surface area contributed by atoms with Gasteiger partial charge in [0.2, 0.25) is 0 Å². The van der Waals surface area contributed by atoms with Crippen molar-refractivity contribution in [3.63, 3.8) is 0 Å². The maximum Gasteiger partial charge on any atom is 0.320 e. The number of ether oxygens (including phenoxy) is 1. The van der Waals surface area contributed by atoms with E-state index < -0.39 is 0 Å². The summed E-state index contributed by atoms with van der Waals surface area (Å²) >= 11 is 0. The molecule has 0 amide bonds. The zero-order valence-electron chi connectivity index (χ0n) is 7.81. The highest BCUT2D eigenvalue weighted by molar-refractivity contribution is 5.76. The number of hydrogen-bond acceptors (Lipinski definition) is 3. The van der Waals surface area contributed by atoms with Crippen LogP contribution in [0.25, 0.3) is 0 Å². The second-order valence-corrected chi connectivity index (χ2v) is 3.32. The number of rotatable bonds is 2.